The van der Waals surface area contributed by atoms with Gasteiger partial charge >= 0.3 is 0 Å². The lowest BCUT2D eigenvalue weighted by atomic mass is 9.87. The number of ketones is 2. The monoisotopic (exact) mass is 400 g/mol. The van der Waals surface area contributed by atoms with E-state index in [9.17, 15) is 9.59 Å². The Labute approximate surface area is 175 Å². The van der Waals surface area contributed by atoms with Crippen LogP contribution in [0.15, 0.2) is 66.5 Å². The molecule has 6 nitrogen and oxygen atoms in total. The number of nitrogens with one attached hydrogen (secondary N) is 1. The molecule has 1 aromatic heterocycles. The standard InChI is InChI=1S/C24H24N4O2/c1-24(2,3)17-10-8-16(9-11-17)14-28-15-18(26-27-28)13-25-21-12-22(29)19-6-4-5-7-20(19)23(21)30/h4-12,15,25H,13-14H2,1-3H3. The van der Waals surface area contributed by atoms with Crippen molar-refractivity contribution in [1.82, 2.24) is 20.3 Å². The van der Waals surface area contributed by atoms with Crippen LogP contribution in [0, 0.1) is 0 Å². The summed E-state index contributed by atoms with van der Waals surface area (Å²) in [7, 11) is 0. The van der Waals surface area contributed by atoms with Crippen molar-refractivity contribution in [2.45, 2.75) is 39.3 Å². The predicted octanol–water partition coefficient (Wildman–Crippen LogP) is 3.68. The van der Waals surface area contributed by atoms with E-state index in [1.54, 1.807) is 28.9 Å². The zero-order valence-corrected chi connectivity index (χ0v) is 17.3. The molecule has 0 unspecified atom stereocenters. The van der Waals surface area contributed by atoms with Gasteiger partial charge in [0.2, 0.25) is 5.78 Å². The topological polar surface area (TPSA) is 76.9 Å². The quantitative estimate of drug-likeness (QED) is 0.707. The minimum Gasteiger partial charge on any atom is -0.376 e. The van der Waals surface area contributed by atoms with Gasteiger partial charge in [-0.1, -0.05) is 74.5 Å². The number of allylic oxidation sites excluding steroid dienone is 2. The molecule has 0 bridgehead atoms. The molecule has 1 aliphatic carbocycles. The molecule has 0 aliphatic heterocycles. The third-order valence-corrected chi connectivity index (χ3v) is 5.17. The predicted molar refractivity (Wildman–Crippen MR) is 114 cm³/mol. The lowest BCUT2D eigenvalue weighted by Crippen LogP contribution is -2.26. The van der Waals surface area contributed by atoms with E-state index in [1.165, 1.54) is 11.6 Å². The normalized spacial score (nSPS) is 13.8. The van der Waals surface area contributed by atoms with Gasteiger partial charge in [-0.3, -0.25) is 9.59 Å². The third kappa shape index (κ3) is 4.08. The molecule has 30 heavy (non-hydrogen) atoms. The number of carbonyl (C=O) groups is 2. The summed E-state index contributed by atoms with van der Waals surface area (Å²) in [5.74, 6) is -0.355. The summed E-state index contributed by atoms with van der Waals surface area (Å²) < 4.78 is 1.76. The van der Waals surface area contributed by atoms with Gasteiger partial charge < -0.3 is 5.32 Å². The zero-order valence-electron chi connectivity index (χ0n) is 17.3. The van der Waals surface area contributed by atoms with Crippen molar-refractivity contribution < 1.29 is 9.59 Å². The highest BCUT2D eigenvalue weighted by molar-refractivity contribution is 6.24. The smallest absolute Gasteiger partial charge is 0.209 e. The van der Waals surface area contributed by atoms with Crippen molar-refractivity contribution in [3.8, 4) is 0 Å². The third-order valence-electron chi connectivity index (χ3n) is 5.17. The fourth-order valence-electron chi connectivity index (χ4n) is 3.43. The van der Waals surface area contributed by atoms with Gasteiger partial charge in [-0.05, 0) is 16.5 Å². The summed E-state index contributed by atoms with van der Waals surface area (Å²) in [4.78, 5) is 24.8. The summed E-state index contributed by atoms with van der Waals surface area (Å²) in [5.41, 5.74) is 4.40. The van der Waals surface area contributed by atoms with Crippen LogP contribution in [0.4, 0.5) is 0 Å². The summed E-state index contributed by atoms with van der Waals surface area (Å²) in [5, 5.41) is 11.4. The highest BCUT2D eigenvalue weighted by Gasteiger charge is 2.25. The van der Waals surface area contributed by atoms with Crippen LogP contribution in [0.3, 0.4) is 0 Å². The number of hydrogen-bond acceptors (Lipinski definition) is 5. The number of Topliss-reactive ketones (excluding diaryl/α,β-unsaturated/α-hetero) is 1. The molecule has 4 rings (SSSR count). The number of benzene rings is 2. The van der Waals surface area contributed by atoms with Crippen LogP contribution >= 0.6 is 0 Å². The molecule has 1 aliphatic rings. The Bertz CT molecular complexity index is 1130. The van der Waals surface area contributed by atoms with Crippen molar-refractivity contribution in [2.24, 2.45) is 0 Å². The minimum atomic E-state index is -0.184. The molecular formula is C24H24N4O2. The Balaban J connectivity index is 1.40. The maximum Gasteiger partial charge on any atom is 0.209 e. The van der Waals surface area contributed by atoms with Gasteiger partial charge in [0.15, 0.2) is 5.78 Å². The van der Waals surface area contributed by atoms with Crippen LogP contribution in [0.1, 0.15) is 58.3 Å². The van der Waals surface area contributed by atoms with E-state index in [-0.39, 0.29) is 22.7 Å². The maximum absolute atomic E-state index is 12.6. The summed E-state index contributed by atoms with van der Waals surface area (Å²) in [6.45, 7) is 7.51. The minimum absolute atomic E-state index is 0.123. The van der Waals surface area contributed by atoms with E-state index in [0.29, 0.717) is 29.9 Å². The Kier molecular flexibility index (Phi) is 5.08. The largest absolute Gasteiger partial charge is 0.376 e. The number of hydrogen-bond donors (Lipinski definition) is 1. The summed E-state index contributed by atoms with van der Waals surface area (Å²) in [6.07, 6.45) is 3.19. The Morgan fingerprint density at radius 2 is 1.67 bits per heavy atom. The number of aromatic nitrogens is 3. The van der Waals surface area contributed by atoms with Gasteiger partial charge in [0.1, 0.15) is 5.69 Å². The first kappa shape index (κ1) is 19.8. The summed E-state index contributed by atoms with van der Waals surface area (Å²) >= 11 is 0. The van der Waals surface area contributed by atoms with Crippen LogP contribution < -0.4 is 5.32 Å². The first-order valence-electron chi connectivity index (χ1n) is 9.93. The van der Waals surface area contributed by atoms with E-state index in [4.69, 9.17) is 0 Å². The second-order valence-electron chi connectivity index (χ2n) is 8.50. The van der Waals surface area contributed by atoms with Crippen LogP contribution in [-0.4, -0.2) is 26.6 Å². The number of rotatable bonds is 5. The van der Waals surface area contributed by atoms with Gasteiger partial charge in [-0.25, -0.2) is 4.68 Å². The average Bonchev–Trinajstić information content (AvgIpc) is 3.17. The Morgan fingerprint density at radius 1 is 0.967 bits per heavy atom. The fraction of sp³-hybridized carbons (Fsp3) is 0.250. The molecule has 0 atom stereocenters. The van der Waals surface area contributed by atoms with Crippen molar-refractivity contribution in [1.29, 1.82) is 0 Å². The molecule has 3 aromatic rings. The molecule has 6 heteroatoms. The second kappa shape index (κ2) is 7.71. The van der Waals surface area contributed by atoms with Gasteiger partial charge in [0.25, 0.3) is 0 Å². The molecule has 0 radical (unpaired) electrons. The zero-order chi connectivity index (χ0) is 21.3. The molecule has 1 N–H and O–H groups in total. The van der Waals surface area contributed by atoms with Gasteiger partial charge in [0, 0.05) is 17.2 Å². The van der Waals surface area contributed by atoms with Gasteiger partial charge in [0.05, 0.1) is 25.0 Å². The van der Waals surface area contributed by atoms with Crippen molar-refractivity contribution >= 4 is 11.6 Å². The summed E-state index contributed by atoms with van der Waals surface area (Å²) in [6, 6.07) is 15.4. The molecular weight excluding hydrogens is 376 g/mol. The number of fused-ring (bicyclic) bond motifs is 1. The highest BCUT2D eigenvalue weighted by Crippen LogP contribution is 2.22. The molecule has 0 saturated heterocycles. The lowest BCUT2D eigenvalue weighted by molar-refractivity contribution is 0.0978. The first-order valence-corrected chi connectivity index (χ1v) is 9.93. The molecule has 0 saturated carbocycles. The van der Waals surface area contributed by atoms with E-state index >= 15 is 0 Å². The van der Waals surface area contributed by atoms with Crippen molar-refractivity contribution in [3.63, 3.8) is 0 Å². The number of carbonyl (C=O) groups excluding carboxylic acids is 2. The van der Waals surface area contributed by atoms with Crippen molar-refractivity contribution in [2.75, 3.05) is 0 Å². The van der Waals surface area contributed by atoms with Crippen molar-refractivity contribution in [3.05, 3.63) is 94.4 Å². The first-order chi connectivity index (χ1) is 14.3. The lowest BCUT2D eigenvalue weighted by Gasteiger charge is -2.19. The molecule has 0 fully saturated rings. The highest BCUT2D eigenvalue weighted by atomic mass is 16.1. The van der Waals surface area contributed by atoms with E-state index < -0.39 is 0 Å². The average molecular weight is 400 g/mol. The van der Waals surface area contributed by atoms with Crippen LogP contribution in [0.25, 0.3) is 0 Å². The van der Waals surface area contributed by atoms with Crippen LogP contribution in [0.5, 0.6) is 0 Å². The van der Waals surface area contributed by atoms with E-state index in [0.717, 1.165) is 5.56 Å². The van der Waals surface area contributed by atoms with Crippen LogP contribution in [-0.2, 0) is 18.5 Å². The maximum atomic E-state index is 12.6. The van der Waals surface area contributed by atoms with E-state index in [2.05, 4.69) is 60.7 Å². The van der Waals surface area contributed by atoms with E-state index in [1.807, 2.05) is 6.20 Å². The number of nitrogens with zero attached hydrogens (tertiary/aromatic N) is 3. The fourth-order valence-corrected chi connectivity index (χ4v) is 3.43. The van der Waals surface area contributed by atoms with Gasteiger partial charge in [-0.15, -0.1) is 5.10 Å². The molecule has 0 spiro atoms. The van der Waals surface area contributed by atoms with Crippen LogP contribution in [0.2, 0.25) is 0 Å². The molecule has 2 aromatic carbocycles. The molecule has 152 valence electrons. The van der Waals surface area contributed by atoms with Gasteiger partial charge in [-0.2, -0.15) is 0 Å². The SMILES string of the molecule is CC(C)(C)c1ccc(Cn2cc(CNC3=CC(=O)c4ccccc4C3=O)nn2)cc1. The molecule has 0 amide bonds. The Morgan fingerprint density at radius 3 is 2.37 bits per heavy atom. The molecule has 1 heterocycles. The second-order valence-corrected chi connectivity index (χ2v) is 8.50. The Hall–Kier alpha value is -3.54.